The van der Waals surface area contributed by atoms with Crippen LogP contribution in [0.2, 0.25) is 0 Å². The Labute approximate surface area is 149 Å². The molecule has 25 heavy (non-hydrogen) atoms. The lowest BCUT2D eigenvalue weighted by molar-refractivity contribution is -0.186. The molecule has 2 atom stereocenters. The zero-order valence-corrected chi connectivity index (χ0v) is 14.9. The smallest absolute Gasteiger partial charge is 0.229 e. The quantitative estimate of drug-likeness (QED) is 0.900. The molecule has 2 unspecified atom stereocenters. The van der Waals surface area contributed by atoms with Gasteiger partial charge in [0.2, 0.25) is 5.91 Å². The molecule has 1 aliphatic heterocycles. The van der Waals surface area contributed by atoms with E-state index >= 15 is 0 Å². The summed E-state index contributed by atoms with van der Waals surface area (Å²) in [5, 5.41) is 10.9. The van der Waals surface area contributed by atoms with Gasteiger partial charge in [0.1, 0.15) is 0 Å². The van der Waals surface area contributed by atoms with Crippen molar-refractivity contribution in [1.82, 2.24) is 4.90 Å². The molecule has 1 saturated heterocycles. The number of rotatable bonds is 2. The molecule has 1 heterocycles. The molecular weight excluding hydrogens is 312 g/mol. The van der Waals surface area contributed by atoms with Crippen LogP contribution < -0.4 is 4.90 Å². The molecule has 0 radical (unpaired) electrons. The fourth-order valence-corrected chi connectivity index (χ4v) is 6.61. The van der Waals surface area contributed by atoms with E-state index in [4.69, 9.17) is 0 Å². The van der Waals surface area contributed by atoms with Gasteiger partial charge in [0.25, 0.3) is 0 Å². The predicted octanol–water partition coefficient (Wildman–Crippen LogP) is 2.67. The number of carbonyl (C=O) groups is 1. The molecule has 1 aromatic rings. The van der Waals surface area contributed by atoms with Gasteiger partial charge in [-0.1, -0.05) is 18.2 Å². The summed E-state index contributed by atoms with van der Waals surface area (Å²) in [6, 6.07) is 10.5. The number of hydrogen-bond acceptors (Lipinski definition) is 3. The summed E-state index contributed by atoms with van der Waals surface area (Å²) in [5.41, 5.74) is 0.443. The minimum Gasteiger partial charge on any atom is -0.390 e. The number of amides is 1. The van der Waals surface area contributed by atoms with Crippen molar-refractivity contribution in [2.24, 2.45) is 17.3 Å². The first-order valence-corrected chi connectivity index (χ1v) is 9.87. The summed E-state index contributed by atoms with van der Waals surface area (Å²) in [4.78, 5) is 17.9. The van der Waals surface area contributed by atoms with Gasteiger partial charge < -0.3 is 14.9 Å². The van der Waals surface area contributed by atoms with E-state index in [0.29, 0.717) is 24.2 Å². The molecule has 4 bridgehead atoms. The van der Waals surface area contributed by atoms with Gasteiger partial charge in [0.15, 0.2) is 0 Å². The van der Waals surface area contributed by atoms with E-state index in [2.05, 4.69) is 34.1 Å². The van der Waals surface area contributed by atoms with E-state index in [1.54, 1.807) is 0 Å². The average Bonchev–Trinajstić information content (AvgIpc) is 2.60. The number of benzene rings is 1. The second-order valence-corrected chi connectivity index (χ2v) is 9.08. The molecule has 1 N–H and O–H groups in total. The zero-order chi connectivity index (χ0) is 17.1. The highest BCUT2D eigenvalue weighted by Crippen LogP contribution is 2.62. The molecule has 6 rings (SSSR count). The molecule has 5 aliphatic rings. The van der Waals surface area contributed by atoms with Crippen LogP contribution in [0.25, 0.3) is 0 Å². The minimum atomic E-state index is -0.550. The largest absolute Gasteiger partial charge is 0.390 e. The topological polar surface area (TPSA) is 43.8 Å². The molecule has 1 amide bonds. The highest BCUT2D eigenvalue weighted by atomic mass is 16.3. The number of para-hydroxylation sites is 1. The van der Waals surface area contributed by atoms with E-state index in [1.807, 2.05) is 6.07 Å². The van der Waals surface area contributed by atoms with Crippen LogP contribution in [0.15, 0.2) is 30.3 Å². The number of aliphatic hydroxyl groups is 1. The molecule has 0 spiro atoms. The lowest BCUT2D eigenvalue weighted by Crippen LogP contribution is -2.62. The Hall–Kier alpha value is -1.55. The van der Waals surface area contributed by atoms with Gasteiger partial charge in [0.05, 0.1) is 11.0 Å². The molecule has 4 heteroatoms. The van der Waals surface area contributed by atoms with Crippen molar-refractivity contribution in [2.75, 3.05) is 31.1 Å². The second kappa shape index (κ2) is 5.47. The third-order valence-corrected chi connectivity index (χ3v) is 7.17. The Morgan fingerprint density at radius 3 is 2.20 bits per heavy atom. The fraction of sp³-hybridized carbons (Fsp3) is 0.667. The summed E-state index contributed by atoms with van der Waals surface area (Å²) >= 11 is 0. The van der Waals surface area contributed by atoms with Crippen molar-refractivity contribution in [1.29, 1.82) is 0 Å². The number of carbonyl (C=O) groups excluding carboxylic acids is 1. The molecule has 1 aromatic carbocycles. The molecule has 5 fully saturated rings. The van der Waals surface area contributed by atoms with Crippen LogP contribution in [-0.4, -0.2) is 47.7 Å². The third-order valence-electron chi connectivity index (χ3n) is 7.17. The Kier molecular flexibility index (Phi) is 3.43. The van der Waals surface area contributed by atoms with Crippen LogP contribution in [-0.2, 0) is 4.79 Å². The molecule has 4 nitrogen and oxygen atoms in total. The zero-order valence-electron chi connectivity index (χ0n) is 14.9. The van der Waals surface area contributed by atoms with Crippen molar-refractivity contribution in [3.05, 3.63) is 30.3 Å². The van der Waals surface area contributed by atoms with Crippen molar-refractivity contribution in [3.63, 3.8) is 0 Å². The van der Waals surface area contributed by atoms with Gasteiger partial charge in [-0.3, -0.25) is 4.79 Å². The van der Waals surface area contributed by atoms with Crippen molar-refractivity contribution in [2.45, 2.75) is 44.1 Å². The van der Waals surface area contributed by atoms with Crippen molar-refractivity contribution in [3.8, 4) is 0 Å². The van der Waals surface area contributed by atoms with Gasteiger partial charge in [0, 0.05) is 31.9 Å². The van der Waals surface area contributed by atoms with E-state index in [0.717, 1.165) is 51.9 Å². The first kappa shape index (κ1) is 15.7. The third kappa shape index (κ3) is 2.57. The molecular formula is C21H28N2O2. The first-order chi connectivity index (χ1) is 12.1. The second-order valence-electron chi connectivity index (χ2n) is 9.08. The maximum atomic E-state index is 13.4. The van der Waals surface area contributed by atoms with E-state index in [1.165, 1.54) is 12.1 Å². The van der Waals surface area contributed by atoms with Gasteiger partial charge >= 0.3 is 0 Å². The van der Waals surface area contributed by atoms with Gasteiger partial charge in [-0.2, -0.15) is 0 Å². The van der Waals surface area contributed by atoms with Gasteiger partial charge in [-0.05, 0) is 62.5 Å². The lowest BCUT2D eigenvalue weighted by atomic mass is 9.47. The van der Waals surface area contributed by atoms with Crippen LogP contribution in [0.1, 0.15) is 38.5 Å². The first-order valence-electron chi connectivity index (χ1n) is 9.87. The Morgan fingerprint density at radius 2 is 1.60 bits per heavy atom. The van der Waals surface area contributed by atoms with Crippen LogP contribution in [0.3, 0.4) is 0 Å². The summed E-state index contributed by atoms with van der Waals surface area (Å²) in [7, 11) is 0. The van der Waals surface area contributed by atoms with Gasteiger partial charge in [-0.25, -0.2) is 0 Å². The average molecular weight is 340 g/mol. The Morgan fingerprint density at radius 1 is 0.960 bits per heavy atom. The fourth-order valence-electron chi connectivity index (χ4n) is 6.61. The highest BCUT2D eigenvalue weighted by molar-refractivity contribution is 5.84. The number of nitrogens with zero attached hydrogens (tertiary/aromatic N) is 2. The number of anilines is 1. The molecule has 134 valence electrons. The van der Waals surface area contributed by atoms with E-state index in [-0.39, 0.29) is 5.41 Å². The molecule has 0 aromatic heterocycles. The summed E-state index contributed by atoms with van der Waals surface area (Å²) < 4.78 is 0. The van der Waals surface area contributed by atoms with Crippen LogP contribution >= 0.6 is 0 Å². The molecule has 4 aliphatic carbocycles. The van der Waals surface area contributed by atoms with Crippen molar-refractivity contribution >= 4 is 11.6 Å². The summed E-state index contributed by atoms with van der Waals surface area (Å²) in [6.07, 6.45) is 5.84. The maximum Gasteiger partial charge on any atom is 0.229 e. The van der Waals surface area contributed by atoms with E-state index in [9.17, 15) is 9.90 Å². The predicted molar refractivity (Wildman–Crippen MR) is 97.3 cm³/mol. The SMILES string of the molecule is O=C(N1CCN(c2ccccc2)CC1)C12CC3CC(CC(O)(C3)C1)C2. The number of hydrogen-bond donors (Lipinski definition) is 1. The van der Waals surface area contributed by atoms with Crippen LogP contribution in [0.4, 0.5) is 5.69 Å². The van der Waals surface area contributed by atoms with E-state index < -0.39 is 5.60 Å². The number of piperazine rings is 1. The monoisotopic (exact) mass is 340 g/mol. The highest BCUT2D eigenvalue weighted by Gasteiger charge is 2.60. The van der Waals surface area contributed by atoms with Crippen LogP contribution in [0.5, 0.6) is 0 Å². The summed E-state index contributed by atoms with van der Waals surface area (Å²) in [6.45, 7) is 3.43. The standard InChI is InChI=1S/C21H28N2O2/c24-19(20-11-16-10-17(12-20)14-21(25,13-16)15-20)23-8-6-22(7-9-23)18-4-2-1-3-5-18/h1-5,16-17,25H,6-15H2. The van der Waals surface area contributed by atoms with Crippen molar-refractivity contribution < 1.29 is 9.90 Å². The lowest BCUT2D eigenvalue weighted by Gasteiger charge is -2.60. The Bertz CT molecular complexity index is 652. The Balaban J connectivity index is 1.30. The molecule has 4 saturated carbocycles. The summed E-state index contributed by atoms with van der Waals surface area (Å²) in [5.74, 6) is 1.48. The maximum absolute atomic E-state index is 13.4. The minimum absolute atomic E-state index is 0.256. The normalized spacial score (nSPS) is 39.7. The van der Waals surface area contributed by atoms with Crippen LogP contribution in [0, 0.1) is 17.3 Å². The van der Waals surface area contributed by atoms with Gasteiger partial charge in [-0.15, -0.1) is 0 Å².